The standard InChI is InChI=1S/C57H37N5/c1-5-17-38(18-6-1)41-29-31-43(32-30-41)56-58-55(42-23-11-4-12-24-42)59-57(60-56)62-50-27-15-13-25-47(50)48-33-34-52-53(54(48)62)49-26-14-16-28-51(49)61(52)46-36-44(39-19-7-2-8-20-39)35-45(37-46)40-21-9-3-10-22-40/h1-37H/i13D,14D,15D,16D,25D,26D,27D,28D,33D,34D. The van der Waals surface area contributed by atoms with Crippen LogP contribution in [0, 0.1) is 0 Å². The lowest BCUT2D eigenvalue weighted by Crippen LogP contribution is -2.06. The number of aromatic nitrogens is 5. The number of para-hydroxylation sites is 2. The number of rotatable bonds is 7. The SMILES string of the molecule is [2H]c1c([2H])c([2H])c2c(c1[2H])c1c(c([2H])c([2H])c3c4c([2H])c([2H])c([2H])c([2H])c4n(-c4nc(-c5ccccc5)nc(-c5ccc(-c6ccccc6)cc5)n4)c31)n2-c1cc(-c2ccccc2)cc(-c2ccccc2)c1. The third-order valence-corrected chi connectivity index (χ3v) is 11.2. The summed E-state index contributed by atoms with van der Waals surface area (Å²) in [6.07, 6.45) is 0. The third-order valence-electron chi connectivity index (χ3n) is 11.2. The highest BCUT2D eigenvalue weighted by atomic mass is 15.2. The summed E-state index contributed by atoms with van der Waals surface area (Å²) in [5, 5.41) is -0.0115. The van der Waals surface area contributed by atoms with Gasteiger partial charge in [0, 0.05) is 38.4 Å². The van der Waals surface area contributed by atoms with E-state index in [9.17, 15) is 8.22 Å². The molecule has 0 bridgehead atoms. The van der Waals surface area contributed by atoms with Crippen molar-refractivity contribution in [2.75, 3.05) is 0 Å². The second-order valence-corrected chi connectivity index (χ2v) is 14.9. The van der Waals surface area contributed by atoms with Crippen molar-refractivity contribution in [1.82, 2.24) is 24.1 Å². The molecular weight excluding hydrogens is 755 g/mol. The van der Waals surface area contributed by atoms with Crippen molar-refractivity contribution in [3.63, 3.8) is 0 Å². The van der Waals surface area contributed by atoms with Gasteiger partial charge in [0.1, 0.15) is 0 Å². The van der Waals surface area contributed by atoms with E-state index in [0.29, 0.717) is 16.8 Å². The molecule has 3 aromatic heterocycles. The average Bonchev–Trinajstić information content (AvgIpc) is 3.98. The fraction of sp³-hybridized carbons (Fsp3) is 0. The van der Waals surface area contributed by atoms with Gasteiger partial charge in [-0.2, -0.15) is 9.97 Å². The summed E-state index contributed by atoms with van der Waals surface area (Å²) in [5.74, 6) is 0.367. The molecule has 3 heterocycles. The lowest BCUT2D eigenvalue weighted by atomic mass is 9.98. The fourth-order valence-corrected chi connectivity index (χ4v) is 8.37. The summed E-state index contributed by atoms with van der Waals surface area (Å²) in [5.41, 5.74) is 6.96. The quantitative estimate of drug-likeness (QED) is 0.161. The van der Waals surface area contributed by atoms with E-state index in [2.05, 4.69) is 0 Å². The van der Waals surface area contributed by atoms with E-state index < -0.39 is 54.4 Å². The Morgan fingerprint density at radius 3 is 1.37 bits per heavy atom. The zero-order chi connectivity index (χ0) is 49.7. The molecule has 5 heteroatoms. The van der Waals surface area contributed by atoms with Gasteiger partial charge < -0.3 is 4.57 Å². The molecule has 0 aliphatic heterocycles. The molecule has 0 spiro atoms. The van der Waals surface area contributed by atoms with Gasteiger partial charge in [0.2, 0.25) is 5.95 Å². The van der Waals surface area contributed by atoms with Gasteiger partial charge in [-0.05, 0) is 69.7 Å². The number of hydrogen-bond acceptors (Lipinski definition) is 3. The maximum Gasteiger partial charge on any atom is 0.238 e. The van der Waals surface area contributed by atoms with Crippen LogP contribution in [-0.2, 0) is 0 Å². The molecule has 0 saturated carbocycles. The Kier molecular flexibility index (Phi) is 6.31. The minimum atomic E-state index is -0.562. The highest BCUT2D eigenvalue weighted by Crippen LogP contribution is 2.43. The Bertz CT molecular complexity index is 4130. The van der Waals surface area contributed by atoms with E-state index in [1.165, 1.54) is 4.57 Å². The Morgan fingerprint density at radius 1 is 0.339 bits per heavy atom. The Hall–Kier alpha value is -8.41. The molecule has 0 aliphatic carbocycles. The van der Waals surface area contributed by atoms with Gasteiger partial charge >= 0.3 is 0 Å². The Balaban J connectivity index is 1.28. The van der Waals surface area contributed by atoms with Crippen LogP contribution in [0.2, 0.25) is 0 Å². The van der Waals surface area contributed by atoms with Gasteiger partial charge in [-0.1, -0.05) is 188 Å². The van der Waals surface area contributed by atoms with E-state index in [4.69, 9.17) is 20.4 Å². The molecular formula is C57H37N5. The van der Waals surface area contributed by atoms with Crippen molar-refractivity contribution in [2.24, 2.45) is 0 Å². The molecule has 12 aromatic rings. The van der Waals surface area contributed by atoms with Crippen LogP contribution in [0.25, 0.3) is 111 Å². The second kappa shape index (κ2) is 14.7. The van der Waals surface area contributed by atoms with Crippen LogP contribution in [0.15, 0.2) is 224 Å². The average molecular weight is 802 g/mol. The molecule has 0 amide bonds. The van der Waals surface area contributed by atoms with Crippen LogP contribution in [0.1, 0.15) is 13.7 Å². The van der Waals surface area contributed by atoms with E-state index >= 15 is 0 Å². The first-order chi connectivity index (χ1) is 34.9. The summed E-state index contributed by atoms with van der Waals surface area (Å²) in [6, 6.07) is 47.3. The molecule has 5 nitrogen and oxygen atoms in total. The number of nitrogens with zero attached hydrogens (tertiary/aromatic N) is 5. The maximum absolute atomic E-state index is 9.99. The molecule has 9 aromatic carbocycles. The first-order valence-corrected chi connectivity index (χ1v) is 20.1. The topological polar surface area (TPSA) is 48.5 Å². The van der Waals surface area contributed by atoms with Gasteiger partial charge in [0.15, 0.2) is 11.6 Å². The van der Waals surface area contributed by atoms with Gasteiger partial charge in [-0.15, -0.1) is 0 Å². The molecule has 0 atom stereocenters. The van der Waals surface area contributed by atoms with Crippen molar-refractivity contribution in [3.8, 4) is 67.8 Å². The Labute approximate surface area is 372 Å². The Morgan fingerprint density at radius 2 is 0.790 bits per heavy atom. The van der Waals surface area contributed by atoms with Crippen molar-refractivity contribution in [1.29, 1.82) is 0 Å². The van der Waals surface area contributed by atoms with Crippen molar-refractivity contribution < 1.29 is 13.7 Å². The van der Waals surface area contributed by atoms with Crippen LogP contribution < -0.4 is 0 Å². The third kappa shape index (κ3) is 5.98. The summed E-state index contributed by atoms with van der Waals surface area (Å²) in [7, 11) is 0. The first-order valence-electron chi connectivity index (χ1n) is 25.1. The molecule has 0 unspecified atom stereocenters. The minimum absolute atomic E-state index is 0.00856. The number of benzene rings is 9. The molecule has 0 radical (unpaired) electrons. The molecule has 0 N–H and O–H groups in total. The fourth-order valence-electron chi connectivity index (χ4n) is 8.37. The zero-order valence-electron chi connectivity index (χ0n) is 42.8. The smallest absolute Gasteiger partial charge is 0.238 e. The van der Waals surface area contributed by atoms with Crippen molar-refractivity contribution >= 4 is 43.6 Å². The number of fused-ring (bicyclic) bond motifs is 7. The maximum atomic E-state index is 9.99. The zero-order valence-corrected chi connectivity index (χ0v) is 32.8. The first kappa shape index (κ1) is 26.6. The van der Waals surface area contributed by atoms with E-state index in [-0.39, 0.29) is 67.3 Å². The highest BCUT2D eigenvalue weighted by Gasteiger charge is 2.23. The predicted molar refractivity (Wildman–Crippen MR) is 256 cm³/mol. The van der Waals surface area contributed by atoms with Crippen LogP contribution in [0.5, 0.6) is 0 Å². The van der Waals surface area contributed by atoms with Crippen molar-refractivity contribution in [3.05, 3.63) is 224 Å². The van der Waals surface area contributed by atoms with Crippen LogP contribution in [0.3, 0.4) is 0 Å². The van der Waals surface area contributed by atoms with Gasteiger partial charge in [-0.3, -0.25) is 4.57 Å². The van der Waals surface area contributed by atoms with Crippen LogP contribution in [-0.4, -0.2) is 24.1 Å². The van der Waals surface area contributed by atoms with Gasteiger partial charge in [0.05, 0.1) is 35.8 Å². The van der Waals surface area contributed by atoms with Crippen LogP contribution >= 0.6 is 0 Å². The molecule has 0 aliphatic rings. The second-order valence-electron chi connectivity index (χ2n) is 14.9. The normalized spacial score (nSPS) is 13.8. The molecule has 0 fully saturated rings. The molecule has 0 saturated heterocycles. The van der Waals surface area contributed by atoms with E-state index in [1.54, 1.807) is 4.57 Å². The minimum Gasteiger partial charge on any atom is -0.309 e. The largest absolute Gasteiger partial charge is 0.309 e. The summed E-state index contributed by atoms with van der Waals surface area (Å²) < 4.78 is 97.3. The summed E-state index contributed by atoms with van der Waals surface area (Å²) >= 11 is 0. The lowest BCUT2D eigenvalue weighted by Gasteiger charge is -2.14. The van der Waals surface area contributed by atoms with Crippen molar-refractivity contribution in [2.45, 2.75) is 0 Å². The van der Waals surface area contributed by atoms with Gasteiger partial charge in [-0.25, -0.2) is 4.98 Å². The van der Waals surface area contributed by atoms with E-state index in [0.717, 1.165) is 33.4 Å². The molecule has 290 valence electrons. The predicted octanol–water partition coefficient (Wildman–Crippen LogP) is 14.4. The summed E-state index contributed by atoms with van der Waals surface area (Å²) in [4.78, 5) is 15.1. The lowest BCUT2D eigenvalue weighted by molar-refractivity contribution is 0.955. The molecule has 62 heavy (non-hydrogen) atoms. The molecule has 12 rings (SSSR count). The highest BCUT2D eigenvalue weighted by molar-refractivity contribution is 6.26. The summed E-state index contributed by atoms with van der Waals surface area (Å²) in [6.45, 7) is 0. The van der Waals surface area contributed by atoms with Gasteiger partial charge in [0.25, 0.3) is 0 Å². The van der Waals surface area contributed by atoms with Crippen LogP contribution in [0.4, 0.5) is 0 Å². The number of hydrogen-bond donors (Lipinski definition) is 0. The monoisotopic (exact) mass is 801 g/mol. The van der Waals surface area contributed by atoms with E-state index in [1.807, 2.05) is 164 Å².